The van der Waals surface area contributed by atoms with Gasteiger partial charge < -0.3 is 0 Å². The fraction of sp³-hybridized carbons (Fsp3) is 0.500. The number of hydrogen-bond donors (Lipinski definition) is 0. The molecule has 0 N–H and O–H groups in total. The van der Waals surface area contributed by atoms with Crippen molar-refractivity contribution in [3.63, 3.8) is 0 Å². The lowest BCUT2D eigenvalue weighted by Crippen LogP contribution is -2.42. The van der Waals surface area contributed by atoms with Gasteiger partial charge in [-0.2, -0.15) is 4.31 Å². The number of rotatable bonds is 3. The van der Waals surface area contributed by atoms with Crippen LogP contribution in [0.4, 0.5) is 0 Å². The fourth-order valence-corrected chi connectivity index (χ4v) is 4.51. The molecular formula is C14H18ClNO3S. The molecule has 6 heteroatoms. The Morgan fingerprint density at radius 2 is 1.65 bits per heavy atom. The van der Waals surface area contributed by atoms with E-state index in [0.717, 1.165) is 6.42 Å². The molecule has 1 aromatic rings. The van der Waals surface area contributed by atoms with E-state index < -0.39 is 15.3 Å². The number of piperidine rings is 1. The van der Waals surface area contributed by atoms with Crippen LogP contribution in [0.15, 0.2) is 29.2 Å². The van der Waals surface area contributed by atoms with Crippen LogP contribution in [0, 0.1) is 11.8 Å². The first-order chi connectivity index (χ1) is 9.30. The molecule has 0 spiro atoms. The van der Waals surface area contributed by atoms with Gasteiger partial charge in [0.05, 0.1) is 4.90 Å². The van der Waals surface area contributed by atoms with Crippen molar-refractivity contribution in [3.05, 3.63) is 29.8 Å². The van der Waals surface area contributed by atoms with E-state index in [4.69, 9.17) is 11.6 Å². The first-order valence-electron chi connectivity index (χ1n) is 6.60. The highest BCUT2D eigenvalue weighted by Crippen LogP contribution is 2.26. The highest BCUT2D eigenvalue weighted by molar-refractivity contribution is 7.89. The average molecular weight is 316 g/mol. The Kier molecular flexibility index (Phi) is 4.52. The molecular weight excluding hydrogens is 298 g/mol. The Labute approximate surface area is 124 Å². The molecule has 20 heavy (non-hydrogen) atoms. The third-order valence-corrected chi connectivity index (χ3v) is 5.62. The Morgan fingerprint density at radius 3 is 2.10 bits per heavy atom. The summed E-state index contributed by atoms with van der Waals surface area (Å²) in [5.41, 5.74) is 0.297. The lowest BCUT2D eigenvalue weighted by atomic mass is 9.94. The van der Waals surface area contributed by atoms with Crippen LogP contribution in [-0.2, 0) is 10.0 Å². The summed E-state index contributed by atoms with van der Waals surface area (Å²) >= 11 is 5.36. The van der Waals surface area contributed by atoms with Crippen LogP contribution >= 0.6 is 11.6 Å². The van der Waals surface area contributed by atoms with Crippen molar-refractivity contribution in [2.75, 3.05) is 13.1 Å². The highest BCUT2D eigenvalue weighted by Gasteiger charge is 2.31. The zero-order valence-corrected chi connectivity index (χ0v) is 13.1. The van der Waals surface area contributed by atoms with E-state index in [1.165, 1.54) is 28.6 Å². The van der Waals surface area contributed by atoms with Gasteiger partial charge in [0.2, 0.25) is 10.0 Å². The summed E-state index contributed by atoms with van der Waals surface area (Å²) in [4.78, 5) is 11.2. The summed E-state index contributed by atoms with van der Waals surface area (Å²) in [6.07, 6.45) is 1.05. The minimum absolute atomic E-state index is 0.209. The standard InChI is InChI=1S/C14H18ClNO3S/c1-10-7-11(2)9-16(8-10)20(18,19)13-5-3-12(4-6-13)14(15)17/h3-6,10-11H,7-9H2,1-2H3/t10-,11-/m1/s1. The predicted molar refractivity (Wildman–Crippen MR) is 78.3 cm³/mol. The second kappa shape index (κ2) is 5.84. The maximum absolute atomic E-state index is 12.6. The number of carbonyl (C=O) groups is 1. The Bertz CT molecular complexity index is 587. The lowest BCUT2D eigenvalue weighted by Gasteiger charge is -2.34. The summed E-state index contributed by atoms with van der Waals surface area (Å²) in [5, 5.41) is -0.589. The number of benzene rings is 1. The van der Waals surface area contributed by atoms with Crippen LogP contribution in [0.3, 0.4) is 0 Å². The molecule has 1 aliphatic rings. The molecule has 0 saturated carbocycles. The van der Waals surface area contributed by atoms with Gasteiger partial charge in [-0.3, -0.25) is 4.79 Å². The van der Waals surface area contributed by atoms with Crippen LogP contribution in [0.25, 0.3) is 0 Å². The topological polar surface area (TPSA) is 54.5 Å². The van der Waals surface area contributed by atoms with E-state index in [-0.39, 0.29) is 4.90 Å². The van der Waals surface area contributed by atoms with Gasteiger partial charge in [0.15, 0.2) is 0 Å². The smallest absolute Gasteiger partial charge is 0.252 e. The lowest BCUT2D eigenvalue weighted by molar-refractivity contribution is 0.108. The van der Waals surface area contributed by atoms with E-state index in [0.29, 0.717) is 30.5 Å². The van der Waals surface area contributed by atoms with Crippen molar-refractivity contribution in [1.29, 1.82) is 0 Å². The van der Waals surface area contributed by atoms with Gasteiger partial charge in [0.25, 0.3) is 5.24 Å². The molecule has 1 aromatic carbocycles. The van der Waals surface area contributed by atoms with Gasteiger partial charge in [-0.15, -0.1) is 0 Å². The molecule has 1 saturated heterocycles. The molecule has 110 valence electrons. The molecule has 2 atom stereocenters. The quantitative estimate of drug-likeness (QED) is 0.806. The molecule has 0 aliphatic carbocycles. The number of halogens is 1. The molecule has 1 heterocycles. The zero-order chi connectivity index (χ0) is 14.9. The van der Waals surface area contributed by atoms with Crippen LogP contribution in [0.2, 0.25) is 0 Å². The third kappa shape index (κ3) is 3.22. The fourth-order valence-electron chi connectivity index (χ4n) is 2.71. The van der Waals surface area contributed by atoms with E-state index in [2.05, 4.69) is 13.8 Å². The Balaban J connectivity index is 2.27. The zero-order valence-electron chi connectivity index (χ0n) is 11.5. The molecule has 0 radical (unpaired) electrons. The van der Waals surface area contributed by atoms with E-state index in [9.17, 15) is 13.2 Å². The van der Waals surface area contributed by atoms with Crippen LogP contribution in [0.5, 0.6) is 0 Å². The van der Waals surface area contributed by atoms with E-state index in [1.54, 1.807) is 0 Å². The summed E-state index contributed by atoms with van der Waals surface area (Å²) < 4.78 is 26.7. The van der Waals surface area contributed by atoms with Gasteiger partial charge in [-0.1, -0.05) is 13.8 Å². The largest absolute Gasteiger partial charge is 0.276 e. The summed E-state index contributed by atoms with van der Waals surface area (Å²) in [5.74, 6) is 0.717. The number of carbonyl (C=O) groups excluding carboxylic acids is 1. The second-order valence-electron chi connectivity index (χ2n) is 5.57. The molecule has 0 amide bonds. The Hall–Kier alpha value is -0.910. The van der Waals surface area contributed by atoms with Gasteiger partial charge in [-0.25, -0.2) is 8.42 Å². The average Bonchev–Trinajstić information content (AvgIpc) is 2.37. The first-order valence-corrected chi connectivity index (χ1v) is 8.42. The molecule has 0 aromatic heterocycles. The van der Waals surface area contributed by atoms with Crippen molar-refractivity contribution in [2.45, 2.75) is 25.2 Å². The van der Waals surface area contributed by atoms with Crippen molar-refractivity contribution in [2.24, 2.45) is 11.8 Å². The van der Waals surface area contributed by atoms with Crippen molar-refractivity contribution < 1.29 is 13.2 Å². The maximum Gasteiger partial charge on any atom is 0.252 e. The van der Waals surface area contributed by atoms with Crippen LogP contribution < -0.4 is 0 Å². The summed E-state index contributed by atoms with van der Waals surface area (Å²) in [7, 11) is -3.49. The van der Waals surface area contributed by atoms with Crippen molar-refractivity contribution in [3.8, 4) is 0 Å². The molecule has 2 rings (SSSR count). The minimum atomic E-state index is -3.49. The molecule has 0 bridgehead atoms. The predicted octanol–water partition coefficient (Wildman–Crippen LogP) is 2.73. The number of nitrogens with zero attached hydrogens (tertiary/aromatic N) is 1. The van der Waals surface area contributed by atoms with E-state index >= 15 is 0 Å². The highest BCUT2D eigenvalue weighted by atomic mass is 35.5. The van der Waals surface area contributed by atoms with Crippen molar-refractivity contribution >= 4 is 26.9 Å². The second-order valence-corrected chi connectivity index (χ2v) is 7.85. The Morgan fingerprint density at radius 1 is 1.15 bits per heavy atom. The van der Waals surface area contributed by atoms with Crippen LogP contribution in [0.1, 0.15) is 30.6 Å². The number of sulfonamides is 1. The van der Waals surface area contributed by atoms with E-state index in [1.807, 2.05) is 0 Å². The number of hydrogen-bond acceptors (Lipinski definition) is 3. The maximum atomic E-state index is 12.6. The first kappa shape index (κ1) is 15.5. The molecule has 1 fully saturated rings. The van der Waals surface area contributed by atoms with Gasteiger partial charge in [0, 0.05) is 18.7 Å². The van der Waals surface area contributed by atoms with Gasteiger partial charge in [-0.05, 0) is 54.1 Å². The summed E-state index contributed by atoms with van der Waals surface area (Å²) in [6.45, 7) is 5.21. The van der Waals surface area contributed by atoms with Crippen LogP contribution in [-0.4, -0.2) is 31.1 Å². The molecule has 4 nitrogen and oxygen atoms in total. The van der Waals surface area contributed by atoms with Gasteiger partial charge in [0.1, 0.15) is 0 Å². The SMILES string of the molecule is C[C@@H]1C[C@@H](C)CN(S(=O)(=O)c2ccc(C(=O)Cl)cc2)C1. The normalized spacial score (nSPS) is 24.6. The van der Waals surface area contributed by atoms with Gasteiger partial charge >= 0.3 is 0 Å². The molecule has 0 unspecified atom stereocenters. The monoisotopic (exact) mass is 315 g/mol. The molecule has 1 aliphatic heterocycles. The third-order valence-electron chi connectivity index (χ3n) is 3.55. The summed E-state index contributed by atoms with van der Waals surface area (Å²) in [6, 6.07) is 5.77. The van der Waals surface area contributed by atoms with Crippen molar-refractivity contribution in [1.82, 2.24) is 4.31 Å². The minimum Gasteiger partial charge on any atom is -0.276 e.